The predicted octanol–water partition coefficient (Wildman–Crippen LogP) is 4.03. The number of hydrogen-bond acceptors (Lipinski definition) is 3. The Bertz CT molecular complexity index is 969. The molecule has 6 nitrogen and oxygen atoms in total. The molecule has 2 N–H and O–H groups in total. The van der Waals surface area contributed by atoms with Gasteiger partial charge in [0, 0.05) is 24.9 Å². The highest BCUT2D eigenvalue weighted by Gasteiger charge is 2.16. The van der Waals surface area contributed by atoms with Crippen molar-refractivity contribution in [3.8, 4) is 5.69 Å². The van der Waals surface area contributed by atoms with Crippen molar-refractivity contribution in [2.75, 3.05) is 7.11 Å². The number of urea groups is 1. The number of rotatable bonds is 7. The van der Waals surface area contributed by atoms with Crippen LogP contribution in [0.1, 0.15) is 35.3 Å². The number of methoxy groups -OCH3 is 1. The minimum Gasteiger partial charge on any atom is -0.380 e. The van der Waals surface area contributed by atoms with Gasteiger partial charge >= 0.3 is 6.03 Å². The molecule has 1 atom stereocenters. The van der Waals surface area contributed by atoms with Crippen LogP contribution < -0.4 is 10.6 Å². The minimum atomic E-state index is -0.294. The van der Waals surface area contributed by atoms with E-state index >= 15 is 0 Å². The van der Waals surface area contributed by atoms with E-state index in [-0.39, 0.29) is 17.9 Å². The van der Waals surface area contributed by atoms with Crippen LogP contribution in [-0.2, 0) is 17.9 Å². The van der Waals surface area contributed by atoms with Crippen molar-refractivity contribution in [1.82, 2.24) is 20.4 Å². The summed E-state index contributed by atoms with van der Waals surface area (Å²) < 4.78 is 20.1. The zero-order chi connectivity index (χ0) is 20.8. The van der Waals surface area contributed by atoms with Crippen LogP contribution in [0.25, 0.3) is 5.69 Å². The molecule has 0 aliphatic rings. The van der Waals surface area contributed by atoms with Gasteiger partial charge in [0.1, 0.15) is 5.82 Å². The minimum absolute atomic E-state index is 0.238. The molecule has 0 bridgehead atoms. The molecular weight excluding hydrogens is 371 g/mol. The summed E-state index contributed by atoms with van der Waals surface area (Å²) >= 11 is 0. The Hall–Kier alpha value is -3.19. The molecule has 0 radical (unpaired) electrons. The van der Waals surface area contributed by atoms with Crippen molar-refractivity contribution in [3.63, 3.8) is 0 Å². The molecule has 0 aliphatic carbocycles. The van der Waals surface area contributed by atoms with E-state index in [1.54, 1.807) is 30.1 Å². The molecule has 0 aliphatic heterocycles. The van der Waals surface area contributed by atoms with Gasteiger partial charge in [-0.1, -0.05) is 24.3 Å². The molecule has 0 saturated carbocycles. The summed E-state index contributed by atoms with van der Waals surface area (Å²) in [5, 5.41) is 10.2. The zero-order valence-electron chi connectivity index (χ0n) is 16.8. The van der Waals surface area contributed by atoms with E-state index in [0.717, 1.165) is 28.1 Å². The normalized spacial score (nSPS) is 11.9. The Kier molecular flexibility index (Phi) is 6.61. The van der Waals surface area contributed by atoms with Crippen LogP contribution in [0.5, 0.6) is 0 Å². The van der Waals surface area contributed by atoms with Crippen molar-refractivity contribution in [2.24, 2.45) is 0 Å². The molecule has 0 fully saturated rings. The zero-order valence-corrected chi connectivity index (χ0v) is 16.8. The molecule has 3 aromatic rings. The number of carbonyl (C=O) groups excluding carboxylic acids is 1. The molecule has 0 unspecified atom stereocenters. The number of ether oxygens (including phenoxy) is 1. The van der Waals surface area contributed by atoms with E-state index in [2.05, 4.69) is 15.7 Å². The largest absolute Gasteiger partial charge is 0.380 e. The highest BCUT2D eigenvalue weighted by Crippen LogP contribution is 2.20. The standard InChI is InChI=1S/C22H25FN4O2/c1-15(21-13-25-27(16(21)2)20-10-8-19(23)9-11-20)26-22(28)24-12-17-6-4-5-7-18(17)14-29-3/h4-11,13,15H,12,14H2,1-3H3,(H2,24,26,28)/t15-/m0/s1. The first kappa shape index (κ1) is 20.5. The maximum absolute atomic E-state index is 13.2. The Balaban J connectivity index is 1.62. The van der Waals surface area contributed by atoms with Crippen LogP contribution in [0, 0.1) is 12.7 Å². The summed E-state index contributed by atoms with van der Waals surface area (Å²) in [6, 6.07) is 13.5. The maximum Gasteiger partial charge on any atom is 0.315 e. The highest BCUT2D eigenvalue weighted by molar-refractivity contribution is 5.74. The summed E-state index contributed by atoms with van der Waals surface area (Å²) in [7, 11) is 1.65. The molecular formula is C22H25FN4O2. The molecule has 1 heterocycles. The van der Waals surface area contributed by atoms with E-state index in [1.165, 1.54) is 12.1 Å². The average molecular weight is 396 g/mol. The first-order chi connectivity index (χ1) is 14.0. The molecule has 2 aromatic carbocycles. The number of carbonyl (C=O) groups is 1. The van der Waals surface area contributed by atoms with E-state index in [9.17, 15) is 9.18 Å². The molecule has 1 aromatic heterocycles. The smallest absolute Gasteiger partial charge is 0.315 e. The fourth-order valence-electron chi connectivity index (χ4n) is 3.22. The lowest BCUT2D eigenvalue weighted by molar-refractivity contribution is 0.184. The maximum atomic E-state index is 13.2. The summed E-state index contributed by atoms with van der Waals surface area (Å²) in [5.74, 6) is -0.294. The number of hydrogen-bond donors (Lipinski definition) is 2. The number of benzene rings is 2. The van der Waals surface area contributed by atoms with Gasteiger partial charge in [-0.2, -0.15) is 5.10 Å². The van der Waals surface area contributed by atoms with Crippen LogP contribution in [0.2, 0.25) is 0 Å². The van der Waals surface area contributed by atoms with E-state index in [1.807, 2.05) is 38.1 Å². The van der Waals surface area contributed by atoms with E-state index in [0.29, 0.717) is 13.2 Å². The Morgan fingerprint density at radius 1 is 1.17 bits per heavy atom. The summed E-state index contributed by atoms with van der Waals surface area (Å²) in [6.45, 7) is 4.73. The van der Waals surface area contributed by atoms with Crippen LogP contribution in [-0.4, -0.2) is 22.9 Å². The van der Waals surface area contributed by atoms with Crippen molar-refractivity contribution < 1.29 is 13.9 Å². The lowest BCUT2D eigenvalue weighted by atomic mass is 10.1. The first-order valence-electron chi connectivity index (χ1n) is 9.40. The second kappa shape index (κ2) is 9.34. The average Bonchev–Trinajstić information content (AvgIpc) is 3.09. The van der Waals surface area contributed by atoms with Gasteiger partial charge in [-0.05, 0) is 49.2 Å². The van der Waals surface area contributed by atoms with Gasteiger partial charge in [0.05, 0.1) is 24.5 Å². The highest BCUT2D eigenvalue weighted by atomic mass is 19.1. The van der Waals surface area contributed by atoms with Crippen LogP contribution in [0.4, 0.5) is 9.18 Å². The van der Waals surface area contributed by atoms with Gasteiger partial charge < -0.3 is 15.4 Å². The van der Waals surface area contributed by atoms with Gasteiger partial charge in [0.2, 0.25) is 0 Å². The fraction of sp³-hybridized carbons (Fsp3) is 0.273. The van der Waals surface area contributed by atoms with Gasteiger partial charge in [-0.25, -0.2) is 13.9 Å². The van der Waals surface area contributed by atoms with E-state index < -0.39 is 0 Å². The third-order valence-electron chi connectivity index (χ3n) is 4.79. The van der Waals surface area contributed by atoms with Crippen molar-refractivity contribution in [2.45, 2.75) is 33.0 Å². The topological polar surface area (TPSA) is 68.2 Å². The molecule has 0 spiro atoms. The second-order valence-electron chi connectivity index (χ2n) is 6.82. The van der Waals surface area contributed by atoms with Crippen LogP contribution >= 0.6 is 0 Å². The Morgan fingerprint density at radius 2 is 1.86 bits per heavy atom. The van der Waals surface area contributed by atoms with Gasteiger partial charge in [-0.3, -0.25) is 0 Å². The number of amides is 2. The van der Waals surface area contributed by atoms with Crippen molar-refractivity contribution in [1.29, 1.82) is 0 Å². The first-order valence-corrected chi connectivity index (χ1v) is 9.40. The molecule has 7 heteroatoms. The summed E-state index contributed by atoms with van der Waals surface area (Å²) in [4.78, 5) is 12.4. The third kappa shape index (κ3) is 5.00. The lowest BCUT2D eigenvalue weighted by Gasteiger charge is -2.16. The molecule has 2 amide bonds. The number of halogens is 1. The third-order valence-corrected chi connectivity index (χ3v) is 4.79. The second-order valence-corrected chi connectivity index (χ2v) is 6.82. The summed E-state index contributed by atoms with van der Waals surface area (Å²) in [6.07, 6.45) is 1.72. The van der Waals surface area contributed by atoms with Crippen molar-refractivity contribution in [3.05, 3.63) is 82.9 Å². The quantitative estimate of drug-likeness (QED) is 0.634. The van der Waals surface area contributed by atoms with Gasteiger partial charge in [0.25, 0.3) is 0 Å². The van der Waals surface area contributed by atoms with Gasteiger partial charge in [-0.15, -0.1) is 0 Å². The van der Waals surface area contributed by atoms with Crippen molar-refractivity contribution >= 4 is 6.03 Å². The molecule has 152 valence electrons. The van der Waals surface area contributed by atoms with Gasteiger partial charge in [0.15, 0.2) is 0 Å². The van der Waals surface area contributed by atoms with Crippen LogP contribution in [0.15, 0.2) is 54.7 Å². The van der Waals surface area contributed by atoms with E-state index in [4.69, 9.17) is 4.74 Å². The number of nitrogens with one attached hydrogen (secondary N) is 2. The molecule has 29 heavy (non-hydrogen) atoms. The number of aromatic nitrogens is 2. The SMILES string of the molecule is COCc1ccccc1CNC(=O)N[C@@H](C)c1cnn(-c2ccc(F)cc2)c1C. The summed E-state index contributed by atoms with van der Waals surface area (Å²) in [5.41, 5.74) is 4.60. The Labute approximate surface area is 169 Å². The van der Waals surface area contributed by atoms with Crippen LogP contribution in [0.3, 0.4) is 0 Å². The molecule has 3 rings (SSSR count). The molecule has 0 saturated heterocycles. The Morgan fingerprint density at radius 3 is 2.55 bits per heavy atom. The fourth-order valence-corrected chi connectivity index (χ4v) is 3.22. The lowest BCUT2D eigenvalue weighted by Crippen LogP contribution is -2.37. The number of nitrogens with zero attached hydrogens (tertiary/aromatic N) is 2. The predicted molar refractivity (Wildman–Crippen MR) is 109 cm³/mol. The monoisotopic (exact) mass is 396 g/mol.